The molecule has 1 aliphatic carbocycles. The van der Waals surface area contributed by atoms with Gasteiger partial charge in [-0.05, 0) is 23.6 Å². The predicted octanol–water partition coefficient (Wildman–Crippen LogP) is 1.60. The van der Waals surface area contributed by atoms with E-state index in [1.54, 1.807) is 12.3 Å². The van der Waals surface area contributed by atoms with Crippen LogP contribution in [-0.2, 0) is 0 Å². The Labute approximate surface area is 81.9 Å². The fourth-order valence-corrected chi connectivity index (χ4v) is 2.18. The van der Waals surface area contributed by atoms with E-state index in [2.05, 4.69) is 16.4 Å². The standard InChI is InChI=1S/C11H11FN2/c12-10-2-8(4-13-6-10)7-1-9-5-14-11(9)3-7/h1-2,4,6,9,11,14H,3,5H2/t9-,11-/m1/s1. The van der Waals surface area contributed by atoms with Crippen molar-refractivity contribution in [1.82, 2.24) is 10.3 Å². The second-order valence-corrected chi connectivity index (χ2v) is 3.97. The van der Waals surface area contributed by atoms with E-state index in [-0.39, 0.29) is 5.82 Å². The topological polar surface area (TPSA) is 24.9 Å². The molecule has 3 heteroatoms. The number of hydrogen-bond donors (Lipinski definition) is 1. The highest BCUT2D eigenvalue weighted by molar-refractivity contribution is 5.68. The van der Waals surface area contributed by atoms with Gasteiger partial charge in [0, 0.05) is 24.7 Å². The van der Waals surface area contributed by atoms with Gasteiger partial charge in [0.15, 0.2) is 0 Å². The maximum atomic E-state index is 12.9. The number of nitrogens with one attached hydrogen (secondary N) is 1. The van der Waals surface area contributed by atoms with Crippen LogP contribution in [0.5, 0.6) is 0 Å². The van der Waals surface area contributed by atoms with Gasteiger partial charge in [-0.25, -0.2) is 4.39 Å². The summed E-state index contributed by atoms with van der Waals surface area (Å²) in [6.45, 7) is 1.07. The van der Waals surface area contributed by atoms with Gasteiger partial charge >= 0.3 is 0 Å². The van der Waals surface area contributed by atoms with Crippen LogP contribution in [0, 0.1) is 11.7 Å². The van der Waals surface area contributed by atoms with Crippen LogP contribution in [0.3, 0.4) is 0 Å². The zero-order valence-electron chi connectivity index (χ0n) is 7.70. The number of rotatable bonds is 1. The molecule has 72 valence electrons. The quantitative estimate of drug-likeness (QED) is 0.727. The van der Waals surface area contributed by atoms with E-state index in [9.17, 15) is 4.39 Å². The first-order valence-corrected chi connectivity index (χ1v) is 4.88. The molecular formula is C11H11FN2. The highest BCUT2D eigenvalue weighted by atomic mass is 19.1. The largest absolute Gasteiger partial charge is 0.312 e. The zero-order chi connectivity index (χ0) is 9.54. The van der Waals surface area contributed by atoms with Gasteiger partial charge in [0.25, 0.3) is 0 Å². The molecule has 1 aromatic rings. The molecular weight excluding hydrogens is 179 g/mol. The average molecular weight is 190 g/mol. The second-order valence-electron chi connectivity index (χ2n) is 3.97. The van der Waals surface area contributed by atoms with Gasteiger partial charge in [-0.2, -0.15) is 0 Å². The summed E-state index contributed by atoms with van der Waals surface area (Å²) in [5.41, 5.74) is 2.17. The normalized spacial score (nSPS) is 29.4. The molecule has 2 aliphatic rings. The molecule has 0 amide bonds. The SMILES string of the molecule is Fc1cncc(C2=C[C@@H]3CN[C@@H]3C2)c1. The molecule has 1 N–H and O–H groups in total. The lowest BCUT2D eigenvalue weighted by atomic mass is 9.95. The van der Waals surface area contributed by atoms with Gasteiger partial charge in [-0.3, -0.25) is 4.98 Å². The Hall–Kier alpha value is -1.22. The van der Waals surface area contributed by atoms with Gasteiger partial charge < -0.3 is 5.32 Å². The number of nitrogens with zero attached hydrogens (tertiary/aromatic N) is 1. The van der Waals surface area contributed by atoms with Crippen molar-refractivity contribution in [2.45, 2.75) is 12.5 Å². The van der Waals surface area contributed by atoms with Crippen molar-refractivity contribution >= 4 is 5.57 Å². The van der Waals surface area contributed by atoms with Gasteiger partial charge in [-0.1, -0.05) is 6.08 Å². The third-order valence-electron chi connectivity index (χ3n) is 3.06. The Balaban J connectivity index is 1.92. The summed E-state index contributed by atoms with van der Waals surface area (Å²) in [6, 6.07) is 2.15. The monoisotopic (exact) mass is 190 g/mol. The van der Waals surface area contributed by atoms with Crippen molar-refractivity contribution in [3.05, 3.63) is 35.9 Å². The fourth-order valence-electron chi connectivity index (χ4n) is 2.18. The molecule has 0 radical (unpaired) electrons. The fraction of sp³-hybridized carbons (Fsp3) is 0.364. The summed E-state index contributed by atoms with van der Waals surface area (Å²) in [4.78, 5) is 3.86. The first kappa shape index (κ1) is 8.12. The first-order chi connectivity index (χ1) is 6.83. The summed E-state index contributed by atoms with van der Waals surface area (Å²) in [7, 11) is 0. The van der Waals surface area contributed by atoms with Crippen molar-refractivity contribution in [2.24, 2.45) is 5.92 Å². The summed E-state index contributed by atoms with van der Waals surface area (Å²) in [6.07, 6.45) is 6.24. The smallest absolute Gasteiger partial charge is 0.142 e. The van der Waals surface area contributed by atoms with Gasteiger partial charge in [-0.15, -0.1) is 0 Å². The molecule has 1 aromatic heterocycles. The first-order valence-electron chi connectivity index (χ1n) is 4.88. The number of hydrogen-bond acceptors (Lipinski definition) is 2. The second kappa shape index (κ2) is 2.89. The van der Waals surface area contributed by atoms with Crippen LogP contribution in [0.1, 0.15) is 12.0 Å². The summed E-state index contributed by atoms with van der Waals surface area (Å²) in [5.74, 6) is 0.406. The Bertz CT molecular complexity index is 400. The van der Waals surface area contributed by atoms with Crippen molar-refractivity contribution in [1.29, 1.82) is 0 Å². The van der Waals surface area contributed by atoms with Crippen LogP contribution in [-0.4, -0.2) is 17.6 Å². The van der Waals surface area contributed by atoms with Crippen LogP contribution in [0.15, 0.2) is 24.5 Å². The van der Waals surface area contributed by atoms with E-state index in [1.807, 2.05) is 0 Å². The highest BCUT2D eigenvalue weighted by Gasteiger charge is 2.34. The molecule has 14 heavy (non-hydrogen) atoms. The minimum absolute atomic E-state index is 0.254. The van der Waals surface area contributed by atoms with Gasteiger partial charge in [0.05, 0.1) is 6.20 Å². The molecule has 0 spiro atoms. The molecule has 1 fully saturated rings. The van der Waals surface area contributed by atoms with Crippen LogP contribution in [0.25, 0.3) is 5.57 Å². The Morgan fingerprint density at radius 2 is 2.36 bits per heavy atom. The summed E-state index contributed by atoms with van der Waals surface area (Å²) >= 11 is 0. The van der Waals surface area contributed by atoms with E-state index < -0.39 is 0 Å². The Morgan fingerprint density at radius 1 is 1.43 bits per heavy atom. The molecule has 0 aromatic carbocycles. The Morgan fingerprint density at radius 3 is 2.93 bits per heavy atom. The predicted molar refractivity (Wildman–Crippen MR) is 52.1 cm³/mol. The van der Waals surface area contributed by atoms with Crippen LogP contribution in [0.4, 0.5) is 4.39 Å². The molecule has 0 unspecified atom stereocenters. The highest BCUT2D eigenvalue weighted by Crippen LogP contribution is 2.35. The van der Waals surface area contributed by atoms with Crippen molar-refractivity contribution < 1.29 is 4.39 Å². The molecule has 2 nitrogen and oxygen atoms in total. The molecule has 0 bridgehead atoms. The van der Waals surface area contributed by atoms with Crippen molar-refractivity contribution in [3.63, 3.8) is 0 Å². The Kier molecular flexibility index (Phi) is 1.67. The molecule has 0 saturated carbocycles. The molecule has 2 atom stereocenters. The number of pyridine rings is 1. The number of aromatic nitrogens is 1. The number of halogens is 1. The van der Waals surface area contributed by atoms with E-state index in [4.69, 9.17) is 0 Å². The minimum atomic E-state index is -0.254. The number of fused-ring (bicyclic) bond motifs is 1. The average Bonchev–Trinajstić information content (AvgIpc) is 2.43. The van der Waals surface area contributed by atoms with Gasteiger partial charge in [0.2, 0.25) is 0 Å². The lowest BCUT2D eigenvalue weighted by molar-refractivity contribution is 0.306. The lowest BCUT2D eigenvalue weighted by Crippen LogP contribution is -2.49. The minimum Gasteiger partial charge on any atom is -0.312 e. The summed E-state index contributed by atoms with van der Waals surface area (Å²) < 4.78 is 12.9. The van der Waals surface area contributed by atoms with E-state index in [1.165, 1.54) is 11.8 Å². The molecule has 1 saturated heterocycles. The maximum Gasteiger partial charge on any atom is 0.142 e. The third-order valence-corrected chi connectivity index (χ3v) is 3.06. The van der Waals surface area contributed by atoms with Crippen LogP contribution < -0.4 is 5.32 Å². The lowest BCUT2D eigenvalue weighted by Gasteiger charge is -2.31. The van der Waals surface area contributed by atoms with E-state index >= 15 is 0 Å². The summed E-state index contributed by atoms with van der Waals surface area (Å²) in [5, 5.41) is 3.36. The van der Waals surface area contributed by atoms with E-state index in [0.717, 1.165) is 18.5 Å². The maximum absolute atomic E-state index is 12.9. The molecule has 3 rings (SSSR count). The van der Waals surface area contributed by atoms with E-state index in [0.29, 0.717) is 12.0 Å². The third kappa shape index (κ3) is 1.16. The van der Waals surface area contributed by atoms with Crippen molar-refractivity contribution in [2.75, 3.05) is 6.54 Å². The van der Waals surface area contributed by atoms with Gasteiger partial charge in [0.1, 0.15) is 5.82 Å². The molecule has 1 aliphatic heterocycles. The molecule has 2 heterocycles. The zero-order valence-corrected chi connectivity index (χ0v) is 7.70. The van der Waals surface area contributed by atoms with Crippen LogP contribution in [0.2, 0.25) is 0 Å². The van der Waals surface area contributed by atoms with Crippen molar-refractivity contribution in [3.8, 4) is 0 Å². The van der Waals surface area contributed by atoms with Crippen LogP contribution >= 0.6 is 0 Å².